The number of carboxylic acids is 1. The number of Topliss-reactive ketones (excluding diaryl/α,β-unsaturated/α-hetero) is 1. The summed E-state index contributed by atoms with van der Waals surface area (Å²) in [7, 11) is 1.56. The lowest BCUT2D eigenvalue weighted by Crippen LogP contribution is -2.68. The molecule has 1 aliphatic rings. The maximum atomic E-state index is 13.2. The third-order valence-corrected chi connectivity index (χ3v) is 6.64. The molecule has 0 aromatic heterocycles. The van der Waals surface area contributed by atoms with Gasteiger partial charge in [0.2, 0.25) is 5.91 Å². The number of piperidine rings is 1. The Morgan fingerprint density at radius 1 is 1.09 bits per heavy atom. The van der Waals surface area contributed by atoms with Crippen molar-refractivity contribution in [2.75, 3.05) is 7.11 Å². The van der Waals surface area contributed by atoms with Gasteiger partial charge in [-0.15, -0.1) is 0 Å². The van der Waals surface area contributed by atoms with E-state index in [4.69, 9.17) is 4.74 Å². The van der Waals surface area contributed by atoms with Gasteiger partial charge in [0, 0.05) is 13.0 Å². The first kappa shape index (κ1) is 29.2. The highest BCUT2D eigenvalue weighted by atomic mass is 16.5. The number of aliphatic carboxylic acids is 1. The molecule has 1 saturated heterocycles. The van der Waals surface area contributed by atoms with Crippen LogP contribution < -0.4 is 16.0 Å². The van der Waals surface area contributed by atoms with Crippen molar-refractivity contribution in [3.8, 4) is 0 Å². The first-order valence-corrected chi connectivity index (χ1v) is 11.7. The number of nitrogens with one attached hydrogen (secondary N) is 3. The van der Waals surface area contributed by atoms with Gasteiger partial charge in [-0.3, -0.25) is 25.0 Å². The van der Waals surface area contributed by atoms with Crippen LogP contribution in [0.1, 0.15) is 67.7 Å². The quantitative estimate of drug-likeness (QED) is 0.215. The second kappa shape index (κ2) is 12.1. The Hall–Kier alpha value is -1.81. The summed E-state index contributed by atoms with van der Waals surface area (Å²) in [5, 5.41) is 29.0. The monoisotopic (exact) mass is 469 g/mol. The molecule has 5 N–H and O–H groups in total. The molecule has 33 heavy (non-hydrogen) atoms. The fourth-order valence-corrected chi connectivity index (χ4v) is 4.47. The van der Waals surface area contributed by atoms with Gasteiger partial charge in [0.15, 0.2) is 5.78 Å². The fourth-order valence-electron chi connectivity index (χ4n) is 4.47. The zero-order valence-corrected chi connectivity index (χ0v) is 21.3. The van der Waals surface area contributed by atoms with Crippen molar-refractivity contribution < 1.29 is 29.3 Å². The molecule has 1 rings (SSSR count). The maximum absolute atomic E-state index is 13.2. The third kappa shape index (κ3) is 7.34. The Balaban J connectivity index is 2.90. The summed E-state index contributed by atoms with van der Waals surface area (Å²) in [4.78, 5) is 38.0. The number of allylic oxidation sites excluding steroid dienone is 1. The van der Waals surface area contributed by atoms with E-state index in [1.54, 1.807) is 27.9 Å². The molecule has 0 saturated carbocycles. The number of carboxylic acid groups (broad SMARTS) is 1. The van der Waals surface area contributed by atoms with Crippen molar-refractivity contribution in [1.29, 1.82) is 0 Å². The van der Waals surface area contributed by atoms with Gasteiger partial charge in [-0.05, 0) is 52.9 Å². The number of aliphatic hydroxyl groups excluding tert-OH is 1. The van der Waals surface area contributed by atoms with Gasteiger partial charge in [0.25, 0.3) is 0 Å². The van der Waals surface area contributed by atoms with Crippen LogP contribution in [0, 0.1) is 11.8 Å². The SMILES string of the molecule is C/C=C/C(OC)C(C)[C@H](O)NC(C(=O)NC(C)C(=O)[C@@]1(C)CCCC(C)(C(=O)O)N1)C(C)C. The van der Waals surface area contributed by atoms with Crippen molar-refractivity contribution >= 4 is 17.7 Å². The topological polar surface area (TPSA) is 137 Å². The van der Waals surface area contributed by atoms with Crippen LogP contribution in [0.15, 0.2) is 12.2 Å². The molecule has 0 spiro atoms. The maximum Gasteiger partial charge on any atom is 0.323 e. The van der Waals surface area contributed by atoms with Gasteiger partial charge in [-0.2, -0.15) is 0 Å². The molecule has 9 nitrogen and oxygen atoms in total. The number of ether oxygens (including phenoxy) is 1. The van der Waals surface area contributed by atoms with E-state index in [-0.39, 0.29) is 23.7 Å². The minimum atomic E-state index is -1.19. The predicted octanol–water partition coefficient (Wildman–Crippen LogP) is 1.60. The first-order chi connectivity index (χ1) is 15.2. The van der Waals surface area contributed by atoms with Crippen LogP contribution in [0.25, 0.3) is 0 Å². The standard InChI is InChI=1S/C24H43N3O6/c1-9-11-17(33-8)15(4)20(29)26-18(14(2)3)21(30)25-16(5)19(28)23(6)12-10-13-24(7,27-23)22(31)32/h9,11,14-18,20,26-27,29H,10,12-13H2,1-8H3,(H,25,30)(H,31,32)/b11-9+/t15?,16?,17?,18?,20-,23+,24?/m0/s1. The third-order valence-electron chi connectivity index (χ3n) is 6.64. The number of hydrogen-bond acceptors (Lipinski definition) is 7. The lowest BCUT2D eigenvalue weighted by molar-refractivity contribution is -0.148. The molecule has 0 radical (unpaired) electrons. The summed E-state index contributed by atoms with van der Waals surface area (Å²) in [5.41, 5.74) is -2.26. The smallest absolute Gasteiger partial charge is 0.323 e. The predicted molar refractivity (Wildman–Crippen MR) is 127 cm³/mol. The fraction of sp³-hybridized carbons (Fsp3) is 0.792. The average molecular weight is 470 g/mol. The zero-order chi connectivity index (χ0) is 25.6. The van der Waals surface area contributed by atoms with Crippen LogP contribution in [-0.2, 0) is 19.1 Å². The molecular weight excluding hydrogens is 426 g/mol. The lowest BCUT2D eigenvalue weighted by atomic mass is 9.77. The Morgan fingerprint density at radius 3 is 2.15 bits per heavy atom. The Morgan fingerprint density at radius 2 is 1.67 bits per heavy atom. The number of carbonyl (C=O) groups is 3. The van der Waals surface area contributed by atoms with E-state index >= 15 is 0 Å². The Bertz CT molecular complexity index is 727. The van der Waals surface area contributed by atoms with E-state index in [9.17, 15) is 24.6 Å². The number of amides is 1. The highest BCUT2D eigenvalue weighted by Crippen LogP contribution is 2.30. The number of rotatable bonds is 12. The van der Waals surface area contributed by atoms with Crippen LogP contribution >= 0.6 is 0 Å². The average Bonchev–Trinajstić information content (AvgIpc) is 2.73. The molecule has 7 atom stereocenters. The first-order valence-electron chi connectivity index (χ1n) is 11.7. The van der Waals surface area contributed by atoms with E-state index in [1.165, 1.54) is 0 Å². The normalized spacial score (nSPS) is 28.2. The van der Waals surface area contributed by atoms with Gasteiger partial charge < -0.3 is 20.3 Å². The second-order valence-corrected chi connectivity index (χ2v) is 9.96. The molecule has 190 valence electrons. The number of aliphatic hydroxyl groups is 1. The van der Waals surface area contributed by atoms with Gasteiger partial charge in [0.1, 0.15) is 11.8 Å². The Kier molecular flexibility index (Phi) is 10.7. The van der Waals surface area contributed by atoms with Crippen LogP contribution in [-0.4, -0.2) is 70.5 Å². The van der Waals surface area contributed by atoms with E-state index in [0.717, 1.165) is 0 Å². The van der Waals surface area contributed by atoms with Crippen LogP contribution in [0.4, 0.5) is 0 Å². The summed E-state index contributed by atoms with van der Waals surface area (Å²) < 4.78 is 5.40. The molecule has 5 unspecified atom stereocenters. The summed E-state index contributed by atoms with van der Waals surface area (Å²) in [6, 6.07) is -1.57. The second-order valence-electron chi connectivity index (χ2n) is 9.96. The number of hydrogen-bond donors (Lipinski definition) is 5. The largest absolute Gasteiger partial charge is 0.480 e. The molecular formula is C24H43N3O6. The summed E-state index contributed by atoms with van der Waals surface area (Å²) in [5.74, 6) is -2.16. The molecule has 1 aliphatic heterocycles. The summed E-state index contributed by atoms with van der Waals surface area (Å²) in [6.07, 6.45) is 3.85. The van der Waals surface area contributed by atoms with E-state index in [2.05, 4.69) is 16.0 Å². The van der Waals surface area contributed by atoms with Gasteiger partial charge in [-0.25, -0.2) is 0 Å². The van der Waals surface area contributed by atoms with Crippen molar-refractivity contribution in [1.82, 2.24) is 16.0 Å². The van der Waals surface area contributed by atoms with E-state index in [1.807, 2.05) is 39.8 Å². The zero-order valence-electron chi connectivity index (χ0n) is 21.3. The number of methoxy groups -OCH3 is 1. The molecule has 1 fully saturated rings. The van der Waals surface area contributed by atoms with E-state index in [0.29, 0.717) is 19.3 Å². The summed E-state index contributed by atoms with van der Waals surface area (Å²) in [6.45, 7) is 12.2. The van der Waals surface area contributed by atoms with Crippen LogP contribution in [0.2, 0.25) is 0 Å². The number of carbonyl (C=O) groups excluding carboxylic acids is 2. The molecule has 0 bridgehead atoms. The molecule has 0 aliphatic carbocycles. The molecule has 0 aromatic rings. The highest BCUT2D eigenvalue weighted by molar-refractivity contribution is 5.97. The molecule has 0 aromatic carbocycles. The van der Waals surface area contributed by atoms with Gasteiger partial charge >= 0.3 is 5.97 Å². The van der Waals surface area contributed by atoms with Crippen molar-refractivity contribution in [2.45, 2.75) is 103 Å². The minimum Gasteiger partial charge on any atom is -0.480 e. The summed E-state index contributed by atoms with van der Waals surface area (Å²) >= 11 is 0. The van der Waals surface area contributed by atoms with Crippen molar-refractivity contribution in [3.05, 3.63) is 12.2 Å². The molecule has 9 heteroatoms. The van der Waals surface area contributed by atoms with Crippen molar-refractivity contribution in [3.63, 3.8) is 0 Å². The van der Waals surface area contributed by atoms with Crippen molar-refractivity contribution in [2.24, 2.45) is 11.8 Å². The minimum absolute atomic E-state index is 0.157. The lowest BCUT2D eigenvalue weighted by Gasteiger charge is -2.44. The highest BCUT2D eigenvalue weighted by Gasteiger charge is 2.48. The van der Waals surface area contributed by atoms with Crippen LogP contribution in [0.5, 0.6) is 0 Å². The van der Waals surface area contributed by atoms with Gasteiger partial charge in [-0.1, -0.05) is 32.9 Å². The molecule has 1 amide bonds. The van der Waals surface area contributed by atoms with Gasteiger partial charge in [0.05, 0.1) is 23.7 Å². The molecule has 1 heterocycles. The van der Waals surface area contributed by atoms with Crippen LogP contribution in [0.3, 0.4) is 0 Å². The number of ketones is 1. The van der Waals surface area contributed by atoms with E-state index < -0.39 is 41.3 Å². The Labute approximate surface area is 197 Å².